The number of sulfone groups is 1. The summed E-state index contributed by atoms with van der Waals surface area (Å²) in [5.74, 6) is 1.50. The van der Waals surface area contributed by atoms with Crippen molar-refractivity contribution in [2.45, 2.75) is 27.3 Å². The van der Waals surface area contributed by atoms with Crippen molar-refractivity contribution in [1.29, 1.82) is 0 Å². The highest BCUT2D eigenvalue weighted by Crippen LogP contribution is 2.26. The molecule has 0 spiro atoms. The Morgan fingerprint density at radius 2 is 2.05 bits per heavy atom. The molecule has 120 valence electrons. The zero-order valence-corrected chi connectivity index (χ0v) is 15.3. The quantitative estimate of drug-likeness (QED) is 0.718. The minimum atomic E-state index is -2.98. The van der Waals surface area contributed by atoms with Crippen LogP contribution in [0.25, 0.3) is 0 Å². The summed E-state index contributed by atoms with van der Waals surface area (Å²) in [5, 5.41) is 3.38. The highest BCUT2D eigenvalue weighted by Gasteiger charge is 2.09. The van der Waals surface area contributed by atoms with E-state index in [2.05, 4.69) is 35.1 Å². The van der Waals surface area contributed by atoms with Crippen molar-refractivity contribution in [3.63, 3.8) is 0 Å². The van der Waals surface area contributed by atoms with E-state index in [4.69, 9.17) is 4.74 Å². The number of rotatable bonds is 9. The second kappa shape index (κ2) is 8.76. The monoisotopic (exact) mass is 377 g/mol. The highest BCUT2D eigenvalue weighted by molar-refractivity contribution is 9.10. The Morgan fingerprint density at radius 1 is 1.33 bits per heavy atom. The van der Waals surface area contributed by atoms with E-state index < -0.39 is 9.84 Å². The molecule has 21 heavy (non-hydrogen) atoms. The van der Waals surface area contributed by atoms with Gasteiger partial charge in [0.15, 0.2) is 9.84 Å². The van der Waals surface area contributed by atoms with Crippen LogP contribution >= 0.6 is 15.9 Å². The molecule has 0 atom stereocenters. The molecular formula is C15H24BrNO3S. The summed E-state index contributed by atoms with van der Waals surface area (Å²) in [6.45, 7) is 7.95. The second-order valence-electron chi connectivity index (χ2n) is 5.37. The fraction of sp³-hybridized carbons (Fsp3) is 0.600. The van der Waals surface area contributed by atoms with Crippen molar-refractivity contribution in [2.24, 2.45) is 5.92 Å². The smallest absolute Gasteiger partial charge is 0.153 e. The Hall–Kier alpha value is -0.590. The molecule has 0 saturated carbocycles. The first-order valence-corrected chi connectivity index (χ1v) is 9.78. The predicted octanol–water partition coefficient (Wildman–Crippen LogP) is 3.01. The van der Waals surface area contributed by atoms with E-state index in [9.17, 15) is 8.42 Å². The number of halogens is 1. The van der Waals surface area contributed by atoms with Crippen LogP contribution in [0, 0.1) is 5.92 Å². The van der Waals surface area contributed by atoms with Gasteiger partial charge in [-0.2, -0.15) is 0 Å². The Bertz CT molecular complexity index is 544. The first kappa shape index (κ1) is 18.5. The minimum absolute atomic E-state index is 0.0492. The molecule has 0 unspecified atom stereocenters. The van der Waals surface area contributed by atoms with E-state index in [-0.39, 0.29) is 18.1 Å². The molecule has 0 fully saturated rings. The van der Waals surface area contributed by atoms with Crippen LogP contribution in [0.4, 0.5) is 0 Å². The second-order valence-corrected chi connectivity index (χ2v) is 8.70. The molecule has 0 saturated heterocycles. The van der Waals surface area contributed by atoms with Gasteiger partial charge in [-0.3, -0.25) is 0 Å². The van der Waals surface area contributed by atoms with Gasteiger partial charge in [-0.1, -0.05) is 26.8 Å². The van der Waals surface area contributed by atoms with Crippen LogP contribution in [0.15, 0.2) is 22.7 Å². The number of nitrogens with one attached hydrogen (secondary N) is 1. The zero-order chi connectivity index (χ0) is 15.9. The molecule has 1 N–H and O–H groups in total. The van der Waals surface area contributed by atoms with Gasteiger partial charge in [0.1, 0.15) is 12.4 Å². The van der Waals surface area contributed by atoms with Crippen molar-refractivity contribution in [3.05, 3.63) is 28.2 Å². The van der Waals surface area contributed by atoms with E-state index in [0.717, 1.165) is 23.1 Å². The van der Waals surface area contributed by atoms with Gasteiger partial charge in [0.05, 0.1) is 10.2 Å². The standard InChI is InChI=1S/C15H24BrNO3S/c1-4-21(18,19)8-7-20-15-6-5-13(9-14(15)16)11-17-10-12(2)3/h5-6,9,12,17H,4,7-8,10-11H2,1-3H3. The van der Waals surface area contributed by atoms with E-state index in [1.54, 1.807) is 6.92 Å². The molecule has 0 aliphatic carbocycles. The summed E-state index contributed by atoms with van der Waals surface area (Å²) < 4.78 is 29.2. The molecule has 0 radical (unpaired) electrons. The average molecular weight is 378 g/mol. The Labute approximate surface area is 136 Å². The summed E-state index contributed by atoms with van der Waals surface area (Å²) in [5.41, 5.74) is 1.16. The maximum Gasteiger partial charge on any atom is 0.153 e. The van der Waals surface area contributed by atoms with Crippen molar-refractivity contribution < 1.29 is 13.2 Å². The topological polar surface area (TPSA) is 55.4 Å². The van der Waals surface area contributed by atoms with Gasteiger partial charge in [-0.05, 0) is 46.1 Å². The molecule has 4 nitrogen and oxygen atoms in total. The zero-order valence-electron chi connectivity index (χ0n) is 12.9. The summed E-state index contributed by atoms with van der Waals surface area (Å²) in [6.07, 6.45) is 0. The van der Waals surface area contributed by atoms with Crippen molar-refractivity contribution >= 4 is 25.8 Å². The number of hydrogen-bond donors (Lipinski definition) is 1. The maximum absolute atomic E-state index is 11.4. The van der Waals surface area contributed by atoms with Crippen LogP contribution in [0.5, 0.6) is 5.75 Å². The van der Waals surface area contributed by atoms with Crippen LogP contribution in [-0.4, -0.2) is 33.1 Å². The molecule has 0 aromatic heterocycles. The third-order valence-corrected chi connectivity index (χ3v) is 5.26. The summed E-state index contributed by atoms with van der Waals surface area (Å²) in [6, 6.07) is 5.85. The Balaban J connectivity index is 2.50. The molecule has 0 amide bonds. The molecule has 0 aliphatic rings. The van der Waals surface area contributed by atoms with E-state index in [0.29, 0.717) is 11.7 Å². The van der Waals surface area contributed by atoms with Crippen molar-refractivity contribution in [3.8, 4) is 5.75 Å². The molecule has 0 bridgehead atoms. The highest BCUT2D eigenvalue weighted by atomic mass is 79.9. The summed E-state index contributed by atoms with van der Waals surface area (Å²) in [7, 11) is -2.98. The van der Waals surface area contributed by atoms with E-state index in [1.807, 2.05) is 18.2 Å². The fourth-order valence-electron chi connectivity index (χ4n) is 1.70. The van der Waals surface area contributed by atoms with Crippen LogP contribution in [-0.2, 0) is 16.4 Å². The molecule has 1 rings (SSSR count). The SMILES string of the molecule is CCS(=O)(=O)CCOc1ccc(CNCC(C)C)cc1Br. The maximum atomic E-state index is 11.4. The van der Waals surface area contributed by atoms with Gasteiger partial charge in [-0.15, -0.1) is 0 Å². The Kier molecular flexibility index (Phi) is 7.70. The van der Waals surface area contributed by atoms with Crippen LogP contribution < -0.4 is 10.1 Å². The molecule has 6 heteroatoms. The van der Waals surface area contributed by atoms with Crippen LogP contribution in [0.1, 0.15) is 26.3 Å². The first-order valence-electron chi connectivity index (χ1n) is 7.16. The van der Waals surface area contributed by atoms with Gasteiger partial charge >= 0.3 is 0 Å². The molecular weight excluding hydrogens is 354 g/mol. The largest absolute Gasteiger partial charge is 0.491 e. The average Bonchev–Trinajstić information content (AvgIpc) is 2.40. The number of hydrogen-bond acceptors (Lipinski definition) is 4. The normalized spacial score (nSPS) is 11.9. The molecule has 1 aromatic carbocycles. The van der Waals surface area contributed by atoms with Gasteiger partial charge in [-0.25, -0.2) is 8.42 Å². The molecule has 1 aromatic rings. The third-order valence-electron chi connectivity index (χ3n) is 2.97. The third kappa shape index (κ3) is 7.29. The Morgan fingerprint density at radius 3 is 2.62 bits per heavy atom. The van der Waals surface area contributed by atoms with Gasteiger partial charge in [0.2, 0.25) is 0 Å². The van der Waals surface area contributed by atoms with E-state index in [1.165, 1.54) is 0 Å². The summed E-state index contributed by atoms with van der Waals surface area (Å²) in [4.78, 5) is 0. The van der Waals surface area contributed by atoms with Crippen molar-refractivity contribution in [1.82, 2.24) is 5.32 Å². The molecule has 0 heterocycles. The predicted molar refractivity (Wildman–Crippen MR) is 90.5 cm³/mol. The lowest BCUT2D eigenvalue weighted by molar-refractivity contribution is 0.338. The fourth-order valence-corrected chi connectivity index (χ4v) is 2.87. The molecule has 0 aliphatic heterocycles. The minimum Gasteiger partial charge on any atom is -0.491 e. The van der Waals surface area contributed by atoms with Crippen LogP contribution in [0.3, 0.4) is 0 Å². The lowest BCUT2D eigenvalue weighted by atomic mass is 10.2. The van der Waals surface area contributed by atoms with Gasteiger partial charge in [0.25, 0.3) is 0 Å². The number of ether oxygens (including phenoxy) is 1. The van der Waals surface area contributed by atoms with Gasteiger partial charge < -0.3 is 10.1 Å². The number of benzene rings is 1. The first-order chi connectivity index (χ1) is 9.84. The van der Waals surface area contributed by atoms with Crippen molar-refractivity contribution in [2.75, 3.05) is 24.7 Å². The summed E-state index contributed by atoms with van der Waals surface area (Å²) >= 11 is 3.46. The van der Waals surface area contributed by atoms with E-state index >= 15 is 0 Å². The lowest BCUT2D eigenvalue weighted by Crippen LogP contribution is -2.19. The van der Waals surface area contributed by atoms with Gasteiger partial charge in [0, 0.05) is 12.3 Å². The lowest BCUT2D eigenvalue weighted by Gasteiger charge is -2.11. The van der Waals surface area contributed by atoms with Crippen LogP contribution in [0.2, 0.25) is 0 Å².